The number of ether oxygens (including phenoxy) is 1. The van der Waals surface area contributed by atoms with Crippen LogP contribution in [0.25, 0.3) is 0 Å². The van der Waals surface area contributed by atoms with Crippen molar-refractivity contribution in [2.75, 3.05) is 6.61 Å². The SMILES string of the molecule is O=C1C(CC2CO2)C2(CCCCCCCCCCC2)CC12CCCCC2. The third-order valence-electron chi connectivity index (χ3n) is 8.33. The molecule has 0 N–H and O–H groups in total. The Bertz CT molecular complexity index is 461. The van der Waals surface area contributed by atoms with Crippen LogP contribution < -0.4 is 0 Å². The minimum absolute atomic E-state index is 0.0644. The zero-order valence-corrected chi connectivity index (χ0v) is 16.9. The molecule has 0 bridgehead atoms. The molecular formula is C24H40O2. The molecule has 2 atom stereocenters. The van der Waals surface area contributed by atoms with Crippen LogP contribution in [-0.2, 0) is 9.53 Å². The van der Waals surface area contributed by atoms with Gasteiger partial charge in [-0.25, -0.2) is 0 Å². The van der Waals surface area contributed by atoms with Gasteiger partial charge in [0.1, 0.15) is 5.78 Å². The Labute approximate surface area is 160 Å². The maximum Gasteiger partial charge on any atom is 0.142 e. The van der Waals surface area contributed by atoms with Crippen LogP contribution in [0.3, 0.4) is 0 Å². The van der Waals surface area contributed by atoms with E-state index in [2.05, 4.69) is 0 Å². The van der Waals surface area contributed by atoms with Crippen molar-refractivity contribution in [2.24, 2.45) is 16.7 Å². The van der Waals surface area contributed by atoms with Crippen LogP contribution in [0.1, 0.15) is 116 Å². The van der Waals surface area contributed by atoms with Gasteiger partial charge in [0.25, 0.3) is 0 Å². The zero-order chi connectivity index (χ0) is 17.9. The molecule has 3 aliphatic carbocycles. The monoisotopic (exact) mass is 360 g/mol. The Kier molecular flexibility index (Phi) is 6.08. The first-order valence-corrected chi connectivity index (χ1v) is 11.9. The fraction of sp³-hybridized carbons (Fsp3) is 0.958. The average molecular weight is 361 g/mol. The van der Waals surface area contributed by atoms with Crippen LogP contribution in [-0.4, -0.2) is 18.5 Å². The van der Waals surface area contributed by atoms with Gasteiger partial charge in [-0.15, -0.1) is 0 Å². The van der Waals surface area contributed by atoms with Crippen molar-refractivity contribution in [3.63, 3.8) is 0 Å². The van der Waals surface area contributed by atoms with Crippen molar-refractivity contribution in [2.45, 2.75) is 122 Å². The summed E-state index contributed by atoms with van der Waals surface area (Å²) in [6.45, 7) is 0.910. The fourth-order valence-corrected chi connectivity index (χ4v) is 6.85. The van der Waals surface area contributed by atoms with E-state index in [-0.39, 0.29) is 5.41 Å². The van der Waals surface area contributed by atoms with Crippen molar-refractivity contribution < 1.29 is 9.53 Å². The molecule has 2 heteroatoms. The molecule has 0 aromatic rings. The van der Waals surface area contributed by atoms with Crippen molar-refractivity contribution in [1.82, 2.24) is 0 Å². The second kappa shape index (κ2) is 8.33. The summed E-state index contributed by atoms with van der Waals surface area (Å²) >= 11 is 0. The standard InChI is InChI=1S/C24H40O2/c25-22-21(17-20-18-26-20)23(19-24(22)15-11-8-12-16-24)13-9-6-4-2-1-3-5-7-10-14-23/h20-21H,1-19H2. The lowest BCUT2D eigenvalue weighted by Gasteiger charge is -2.37. The first-order valence-electron chi connectivity index (χ1n) is 11.9. The minimum Gasteiger partial charge on any atom is -0.373 e. The molecule has 1 heterocycles. The highest BCUT2D eigenvalue weighted by molar-refractivity contribution is 5.90. The first-order chi connectivity index (χ1) is 12.7. The molecule has 1 aliphatic heterocycles. The fourth-order valence-electron chi connectivity index (χ4n) is 6.85. The van der Waals surface area contributed by atoms with E-state index in [0.717, 1.165) is 13.0 Å². The Morgan fingerprint density at radius 3 is 1.73 bits per heavy atom. The van der Waals surface area contributed by atoms with Gasteiger partial charge in [0, 0.05) is 11.3 Å². The molecule has 148 valence electrons. The number of Topliss-reactive ketones (excluding diaryl/α,β-unsaturated/α-hetero) is 1. The third-order valence-corrected chi connectivity index (χ3v) is 8.33. The normalized spacial score (nSPS) is 35.2. The highest BCUT2D eigenvalue weighted by Gasteiger charge is 2.60. The summed E-state index contributed by atoms with van der Waals surface area (Å²) in [5, 5.41) is 0. The summed E-state index contributed by atoms with van der Waals surface area (Å²) < 4.78 is 5.61. The minimum atomic E-state index is 0.0644. The number of hydrogen-bond donors (Lipinski definition) is 0. The molecule has 0 amide bonds. The van der Waals surface area contributed by atoms with Gasteiger partial charge in [0.2, 0.25) is 0 Å². The molecule has 4 fully saturated rings. The van der Waals surface area contributed by atoms with Crippen molar-refractivity contribution in [1.29, 1.82) is 0 Å². The van der Waals surface area contributed by atoms with Crippen LogP contribution in [0, 0.1) is 16.7 Å². The Hall–Kier alpha value is -0.370. The van der Waals surface area contributed by atoms with Crippen LogP contribution >= 0.6 is 0 Å². The van der Waals surface area contributed by atoms with E-state index in [0.29, 0.717) is 23.2 Å². The molecule has 4 rings (SSSR count). The first kappa shape index (κ1) is 19.0. The van der Waals surface area contributed by atoms with Gasteiger partial charge in [-0.05, 0) is 43.9 Å². The van der Waals surface area contributed by atoms with Gasteiger partial charge >= 0.3 is 0 Å². The summed E-state index contributed by atoms with van der Waals surface area (Å²) in [7, 11) is 0. The van der Waals surface area contributed by atoms with E-state index in [1.807, 2.05) is 0 Å². The van der Waals surface area contributed by atoms with Gasteiger partial charge in [-0.3, -0.25) is 4.79 Å². The molecule has 3 saturated carbocycles. The lowest BCUT2D eigenvalue weighted by Crippen LogP contribution is -2.32. The Morgan fingerprint density at radius 1 is 0.731 bits per heavy atom. The van der Waals surface area contributed by atoms with E-state index < -0.39 is 0 Å². The number of rotatable bonds is 2. The van der Waals surface area contributed by atoms with Crippen molar-refractivity contribution >= 4 is 5.78 Å². The van der Waals surface area contributed by atoms with E-state index in [1.165, 1.54) is 109 Å². The molecule has 2 unspecified atom stereocenters. The average Bonchev–Trinajstić information content (AvgIpc) is 3.43. The number of epoxide rings is 1. The largest absolute Gasteiger partial charge is 0.373 e. The predicted octanol–water partition coefficient (Wildman–Crippen LogP) is 6.61. The maximum atomic E-state index is 13.7. The van der Waals surface area contributed by atoms with Gasteiger partial charge in [-0.2, -0.15) is 0 Å². The number of carbonyl (C=O) groups excluding carboxylic acids is 1. The molecule has 0 aromatic carbocycles. The van der Waals surface area contributed by atoms with E-state index in [9.17, 15) is 4.79 Å². The van der Waals surface area contributed by atoms with Gasteiger partial charge < -0.3 is 4.74 Å². The predicted molar refractivity (Wildman–Crippen MR) is 106 cm³/mol. The third kappa shape index (κ3) is 4.05. The highest BCUT2D eigenvalue weighted by Crippen LogP contribution is 2.62. The molecule has 2 spiro atoms. The number of hydrogen-bond acceptors (Lipinski definition) is 2. The highest BCUT2D eigenvalue weighted by atomic mass is 16.6. The van der Waals surface area contributed by atoms with Crippen LogP contribution in [0.5, 0.6) is 0 Å². The smallest absolute Gasteiger partial charge is 0.142 e. The molecule has 2 nitrogen and oxygen atoms in total. The molecule has 4 aliphatic rings. The van der Waals surface area contributed by atoms with Crippen LogP contribution in [0.4, 0.5) is 0 Å². The maximum absolute atomic E-state index is 13.7. The molecule has 26 heavy (non-hydrogen) atoms. The van der Waals surface area contributed by atoms with Crippen molar-refractivity contribution in [3.05, 3.63) is 0 Å². The van der Waals surface area contributed by atoms with E-state index >= 15 is 0 Å². The van der Waals surface area contributed by atoms with Crippen LogP contribution in [0.15, 0.2) is 0 Å². The zero-order valence-electron chi connectivity index (χ0n) is 16.9. The summed E-state index contributed by atoms with van der Waals surface area (Å²) in [5.41, 5.74) is 0.383. The van der Waals surface area contributed by atoms with Gasteiger partial charge in [0.15, 0.2) is 0 Å². The quantitative estimate of drug-likeness (QED) is 0.519. The summed E-state index contributed by atoms with van der Waals surface area (Å²) in [6.07, 6.45) is 24.2. The Morgan fingerprint density at radius 2 is 1.19 bits per heavy atom. The number of carbonyl (C=O) groups is 1. The molecule has 1 saturated heterocycles. The topological polar surface area (TPSA) is 29.6 Å². The van der Waals surface area contributed by atoms with Gasteiger partial charge in [0.05, 0.1) is 12.7 Å². The van der Waals surface area contributed by atoms with Crippen LogP contribution in [0.2, 0.25) is 0 Å². The lowest BCUT2D eigenvalue weighted by molar-refractivity contribution is -0.131. The van der Waals surface area contributed by atoms with Crippen molar-refractivity contribution in [3.8, 4) is 0 Å². The van der Waals surface area contributed by atoms with E-state index in [1.54, 1.807) is 0 Å². The lowest BCUT2D eigenvalue weighted by atomic mass is 9.66. The Balaban J connectivity index is 1.55. The summed E-state index contributed by atoms with van der Waals surface area (Å²) in [5.74, 6) is 0.996. The molecule has 0 aromatic heterocycles. The second-order valence-electron chi connectivity index (χ2n) is 10.2. The summed E-state index contributed by atoms with van der Waals surface area (Å²) in [4.78, 5) is 13.7. The second-order valence-corrected chi connectivity index (χ2v) is 10.2. The van der Waals surface area contributed by atoms with E-state index in [4.69, 9.17) is 4.74 Å². The summed E-state index contributed by atoms with van der Waals surface area (Å²) in [6, 6.07) is 0. The molecule has 0 radical (unpaired) electrons. The molecular weight excluding hydrogens is 320 g/mol. The number of ketones is 1. The van der Waals surface area contributed by atoms with Gasteiger partial charge in [-0.1, -0.05) is 77.0 Å².